The van der Waals surface area contributed by atoms with Gasteiger partial charge in [0.2, 0.25) is 0 Å². The van der Waals surface area contributed by atoms with Gasteiger partial charge in [-0.3, -0.25) is 4.90 Å². The van der Waals surface area contributed by atoms with Crippen LogP contribution in [0.3, 0.4) is 0 Å². The van der Waals surface area contributed by atoms with Crippen molar-refractivity contribution < 1.29 is 14.3 Å². The van der Waals surface area contributed by atoms with E-state index in [4.69, 9.17) is 9.47 Å². The lowest BCUT2D eigenvalue weighted by Gasteiger charge is -2.35. The fraction of sp³-hybridized carbons (Fsp3) is 0.478. The molecule has 0 spiro atoms. The van der Waals surface area contributed by atoms with Gasteiger partial charge in [0, 0.05) is 39.1 Å². The smallest absolute Gasteiger partial charge is 0.410 e. The number of carbonyl (C=O) groups excluding carboxylic acids is 1. The van der Waals surface area contributed by atoms with Gasteiger partial charge in [-0.1, -0.05) is 24.3 Å². The molecule has 0 saturated carbocycles. The van der Waals surface area contributed by atoms with E-state index in [-0.39, 0.29) is 6.09 Å². The summed E-state index contributed by atoms with van der Waals surface area (Å²) in [7, 11) is 0. The van der Waals surface area contributed by atoms with Crippen LogP contribution < -0.4 is 4.74 Å². The minimum absolute atomic E-state index is 0.215. The molecular formula is C23H30BrN3O3. The first-order chi connectivity index (χ1) is 14.3. The summed E-state index contributed by atoms with van der Waals surface area (Å²) in [5.74, 6) is 0.778. The number of rotatable bonds is 6. The third-order valence-electron chi connectivity index (χ3n) is 4.81. The monoisotopic (exact) mass is 475 g/mol. The largest absolute Gasteiger partial charge is 0.492 e. The number of aromatic nitrogens is 1. The zero-order valence-corrected chi connectivity index (χ0v) is 19.5. The molecule has 0 aliphatic carbocycles. The number of nitrogens with zero attached hydrogens (tertiary/aromatic N) is 3. The maximum absolute atomic E-state index is 12.2. The Kier molecular flexibility index (Phi) is 7.72. The molecule has 0 atom stereocenters. The Morgan fingerprint density at radius 2 is 1.70 bits per heavy atom. The highest BCUT2D eigenvalue weighted by atomic mass is 79.9. The molecule has 6 nitrogen and oxygen atoms in total. The predicted molar refractivity (Wildman–Crippen MR) is 121 cm³/mol. The van der Waals surface area contributed by atoms with Crippen LogP contribution in [0.15, 0.2) is 47.2 Å². The second-order valence-corrected chi connectivity index (χ2v) is 9.29. The molecule has 0 radical (unpaired) electrons. The number of hydrogen-bond acceptors (Lipinski definition) is 5. The fourth-order valence-corrected chi connectivity index (χ4v) is 3.45. The molecule has 1 saturated heterocycles. The van der Waals surface area contributed by atoms with E-state index in [0.717, 1.165) is 36.4 Å². The molecule has 1 aliphatic rings. The number of piperazine rings is 1. The average Bonchev–Trinajstić information content (AvgIpc) is 2.70. The molecule has 162 valence electrons. The van der Waals surface area contributed by atoms with Crippen molar-refractivity contribution in [3.63, 3.8) is 0 Å². The zero-order chi connectivity index (χ0) is 21.6. The van der Waals surface area contributed by atoms with Gasteiger partial charge in [-0.2, -0.15) is 0 Å². The predicted octanol–water partition coefficient (Wildman–Crippen LogP) is 4.52. The first kappa shape index (κ1) is 22.6. The summed E-state index contributed by atoms with van der Waals surface area (Å²) in [5.41, 5.74) is 2.08. The molecule has 7 heteroatoms. The van der Waals surface area contributed by atoms with Crippen LogP contribution in [-0.4, -0.2) is 59.3 Å². The van der Waals surface area contributed by atoms with E-state index in [1.165, 1.54) is 11.1 Å². The van der Waals surface area contributed by atoms with Crippen LogP contribution in [0.1, 0.15) is 31.9 Å². The lowest BCUT2D eigenvalue weighted by Crippen LogP contribution is -2.49. The highest BCUT2D eigenvalue weighted by Gasteiger charge is 2.25. The third-order valence-corrected chi connectivity index (χ3v) is 5.28. The summed E-state index contributed by atoms with van der Waals surface area (Å²) in [5, 5.41) is 0. The summed E-state index contributed by atoms with van der Waals surface area (Å²) in [6, 6.07) is 12.5. The number of pyridine rings is 1. The Balaban J connectivity index is 1.39. The summed E-state index contributed by atoms with van der Waals surface area (Å²) >= 11 is 3.32. The summed E-state index contributed by atoms with van der Waals surface area (Å²) in [4.78, 5) is 20.5. The minimum Gasteiger partial charge on any atom is -0.492 e. The maximum atomic E-state index is 12.2. The Morgan fingerprint density at radius 3 is 2.30 bits per heavy atom. The van der Waals surface area contributed by atoms with Crippen molar-refractivity contribution in [3.05, 3.63) is 58.3 Å². The molecule has 1 aromatic heterocycles. The van der Waals surface area contributed by atoms with Gasteiger partial charge in [0.15, 0.2) is 0 Å². The Hall–Kier alpha value is -2.12. The van der Waals surface area contributed by atoms with Gasteiger partial charge in [0.1, 0.15) is 16.0 Å². The number of amides is 1. The SMILES string of the molecule is CC(C)(C)OC(=O)N1CCN(Cc2ccc(CCOc3ccc(Br)nc3)cc2)CC1. The van der Waals surface area contributed by atoms with E-state index in [0.29, 0.717) is 19.7 Å². The molecule has 0 bridgehead atoms. The number of halogens is 1. The van der Waals surface area contributed by atoms with Crippen molar-refractivity contribution in [2.24, 2.45) is 0 Å². The maximum Gasteiger partial charge on any atom is 0.410 e. The van der Waals surface area contributed by atoms with Gasteiger partial charge >= 0.3 is 6.09 Å². The molecule has 0 N–H and O–H groups in total. The average molecular weight is 476 g/mol. The number of hydrogen-bond donors (Lipinski definition) is 0. The van der Waals surface area contributed by atoms with Gasteiger partial charge < -0.3 is 14.4 Å². The molecule has 2 aromatic rings. The molecule has 1 aliphatic heterocycles. The van der Waals surface area contributed by atoms with Gasteiger partial charge in [-0.15, -0.1) is 0 Å². The van der Waals surface area contributed by atoms with Crippen molar-refractivity contribution in [3.8, 4) is 5.75 Å². The molecule has 1 fully saturated rings. The Bertz CT molecular complexity index is 811. The van der Waals surface area contributed by atoms with Crippen LogP contribution >= 0.6 is 15.9 Å². The molecule has 0 unspecified atom stereocenters. The van der Waals surface area contributed by atoms with Crippen LogP contribution in [-0.2, 0) is 17.7 Å². The number of carbonyl (C=O) groups is 1. The van der Waals surface area contributed by atoms with Gasteiger partial charge in [-0.25, -0.2) is 9.78 Å². The zero-order valence-electron chi connectivity index (χ0n) is 17.9. The van der Waals surface area contributed by atoms with E-state index in [1.54, 1.807) is 11.1 Å². The first-order valence-corrected chi connectivity index (χ1v) is 11.1. The van der Waals surface area contributed by atoms with Crippen LogP contribution in [0, 0.1) is 0 Å². The lowest BCUT2D eigenvalue weighted by molar-refractivity contribution is 0.0139. The Morgan fingerprint density at radius 1 is 1.03 bits per heavy atom. The molecule has 30 heavy (non-hydrogen) atoms. The molecule has 2 heterocycles. The van der Waals surface area contributed by atoms with E-state index in [9.17, 15) is 4.79 Å². The van der Waals surface area contributed by atoms with Crippen LogP contribution in [0.4, 0.5) is 4.79 Å². The second kappa shape index (κ2) is 10.3. The number of benzene rings is 1. The highest BCUT2D eigenvalue weighted by molar-refractivity contribution is 9.10. The normalized spacial score (nSPS) is 15.1. The van der Waals surface area contributed by atoms with E-state index in [1.807, 2.05) is 32.9 Å². The second-order valence-electron chi connectivity index (χ2n) is 8.48. The first-order valence-electron chi connectivity index (χ1n) is 10.3. The van der Waals surface area contributed by atoms with Crippen LogP contribution in [0.2, 0.25) is 0 Å². The minimum atomic E-state index is -0.448. The van der Waals surface area contributed by atoms with E-state index < -0.39 is 5.60 Å². The standard InChI is InChI=1S/C23H30BrN3O3/c1-23(2,3)30-22(28)27-13-11-26(12-14-27)17-19-6-4-18(5-7-19)10-15-29-20-8-9-21(24)25-16-20/h4-9,16H,10-15,17H2,1-3H3. The summed E-state index contributed by atoms with van der Waals surface area (Å²) in [6.07, 6.45) is 2.35. The van der Waals surface area contributed by atoms with Gasteiger partial charge in [0.25, 0.3) is 0 Å². The van der Waals surface area contributed by atoms with Crippen molar-refractivity contribution >= 4 is 22.0 Å². The van der Waals surface area contributed by atoms with E-state index in [2.05, 4.69) is 50.1 Å². The summed E-state index contributed by atoms with van der Waals surface area (Å²) < 4.78 is 12.0. The van der Waals surface area contributed by atoms with Crippen molar-refractivity contribution in [1.29, 1.82) is 0 Å². The van der Waals surface area contributed by atoms with Crippen molar-refractivity contribution in [2.75, 3.05) is 32.8 Å². The van der Waals surface area contributed by atoms with Gasteiger partial charge in [-0.05, 0) is 60.0 Å². The molecule has 3 rings (SSSR count). The topological polar surface area (TPSA) is 54.9 Å². The van der Waals surface area contributed by atoms with Crippen LogP contribution in [0.5, 0.6) is 5.75 Å². The quantitative estimate of drug-likeness (QED) is 0.574. The molecule has 1 aromatic carbocycles. The number of ether oxygens (including phenoxy) is 2. The Labute approximate surface area is 187 Å². The highest BCUT2D eigenvalue weighted by Crippen LogP contribution is 2.15. The lowest BCUT2D eigenvalue weighted by atomic mass is 10.1. The van der Waals surface area contributed by atoms with Crippen molar-refractivity contribution in [1.82, 2.24) is 14.8 Å². The molecule has 1 amide bonds. The fourth-order valence-electron chi connectivity index (χ4n) is 3.22. The van der Waals surface area contributed by atoms with Gasteiger partial charge in [0.05, 0.1) is 12.8 Å². The van der Waals surface area contributed by atoms with Crippen molar-refractivity contribution in [2.45, 2.75) is 39.3 Å². The third kappa shape index (κ3) is 7.29. The molecular weight excluding hydrogens is 446 g/mol. The summed E-state index contributed by atoms with van der Waals surface area (Å²) in [6.45, 7) is 10.3. The van der Waals surface area contributed by atoms with E-state index >= 15 is 0 Å². The van der Waals surface area contributed by atoms with Crippen LogP contribution in [0.25, 0.3) is 0 Å².